The summed E-state index contributed by atoms with van der Waals surface area (Å²) in [6, 6.07) is 3.67. The molecule has 1 aromatic carbocycles. The number of amides is 2. The number of hydrogen-bond acceptors (Lipinski definition) is 3. The Kier molecular flexibility index (Phi) is 5.63. The number of hydrogen-bond donors (Lipinski definition) is 2. The van der Waals surface area contributed by atoms with Crippen LogP contribution in [0.2, 0.25) is 0 Å². The van der Waals surface area contributed by atoms with Crippen molar-refractivity contribution in [2.45, 2.75) is 56.3 Å². The zero-order valence-corrected chi connectivity index (χ0v) is 16.6. The number of carbonyl (C=O) groups is 2. The van der Waals surface area contributed by atoms with Gasteiger partial charge in [0.1, 0.15) is 0 Å². The SMILES string of the molecule is O=C(CCSc1ccc(F)c(F)c1)NNC(=O)CC12CC3CC(CC(C3)C1)C2. The predicted molar refractivity (Wildman–Crippen MR) is 103 cm³/mol. The summed E-state index contributed by atoms with van der Waals surface area (Å²) >= 11 is 1.27. The highest BCUT2D eigenvalue weighted by atomic mass is 32.2. The molecule has 0 atom stereocenters. The molecule has 0 saturated heterocycles. The van der Waals surface area contributed by atoms with Gasteiger partial charge in [0, 0.05) is 23.5 Å². The van der Waals surface area contributed by atoms with E-state index in [4.69, 9.17) is 0 Å². The zero-order chi connectivity index (χ0) is 19.7. The molecule has 7 heteroatoms. The fourth-order valence-corrected chi connectivity index (χ4v) is 6.80. The minimum absolute atomic E-state index is 0.108. The van der Waals surface area contributed by atoms with Crippen molar-refractivity contribution in [3.05, 3.63) is 29.8 Å². The van der Waals surface area contributed by atoms with Gasteiger partial charge in [-0.2, -0.15) is 0 Å². The molecule has 0 spiro atoms. The van der Waals surface area contributed by atoms with Gasteiger partial charge in [-0.15, -0.1) is 11.8 Å². The number of benzene rings is 1. The molecule has 0 heterocycles. The van der Waals surface area contributed by atoms with E-state index in [1.54, 1.807) is 0 Å². The van der Waals surface area contributed by atoms with Crippen molar-refractivity contribution in [2.24, 2.45) is 23.2 Å². The summed E-state index contributed by atoms with van der Waals surface area (Å²) in [5.74, 6) is 0.625. The van der Waals surface area contributed by atoms with Gasteiger partial charge in [-0.25, -0.2) is 8.78 Å². The lowest BCUT2D eigenvalue weighted by Crippen LogP contribution is -2.50. The molecule has 0 radical (unpaired) electrons. The molecule has 2 N–H and O–H groups in total. The van der Waals surface area contributed by atoms with E-state index in [1.165, 1.54) is 37.1 Å². The zero-order valence-electron chi connectivity index (χ0n) is 15.8. The minimum Gasteiger partial charge on any atom is -0.273 e. The highest BCUT2D eigenvalue weighted by Crippen LogP contribution is 2.61. The van der Waals surface area contributed by atoms with Gasteiger partial charge in [-0.05, 0) is 79.9 Å². The van der Waals surface area contributed by atoms with Crippen LogP contribution in [-0.4, -0.2) is 17.6 Å². The van der Waals surface area contributed by atoms with Crippen LogP contribution in [0.15, 0.2) is 23.1 Å². The van der Waals surface area contributed by atoms with Gasteiger partial charge in [0.15, 0.2) is 11.6 Å². The lowest BCUT2D eigenvalue weighted by atomic mass is 9.49. The lowest BCUT2D eigenvalue weighted by Gasteiger charge is -2.56. The second kappa shape index (κ2) is 8.01. The predicted octanol–water partition coefficient (Wildman–Crippen LogP) is 4.20. The summed E-state index contributed by atoms with van der Waals surface area (Å²) in [6.07, 6.45) is 8.18. The largest absolute Gasteiger partial charge is 0.273 e. The molecule has 4 fully saturated rings. The van der Waals surface area contributed by atoms with Crippen LogP contribution < -0.4 is 10.9 Å². The normalized spacial score (nSPS) is 30.3. The lowest BCUT2D eigenvalue weighted by molar-refractivity contribution is -0.134. The van der Waals surface area contributed by atoms with E-state index in [0.717, 1.165) is 49.1 Å². The quantitative estimate of drug-likeness (QED) is 0.548. The van der Waals surface area contributed by atoms with E-state index >= 15 is 0 Å². The van der Waals surface area contributed by atoms with Gasteiger partial charge in [0.2, 0.25) is 11.8 Å². The Morgan fingerprint density at radius 3 is 2.18 bits per heavy atom. The average molecular weight is 409 g/mol. The molecular weight excluding hydrogens is 382 g/mol. The monoisotopic (exact) mass is 408 g/mol. The molecule has 152 valence electrons. The molecule has 0 aliphatic heterocycles. The maximum Gasteiger partial charge on any atom is 0.239 e. The Hall–Kier alpha value is -1.63. The Bertz CT molecular complexity index is 735. The van der Waals surface area contributed by atoms with E-state index in [0.29, 0.717) is 17.1 Å². The molecule has 0 unspecified atom stereocenters. The molecule has 4 bridgehead atoms. The van der Waals surface area contributed by atoms with Crippen molar-refractivity contribution in [1.29, 1.82) is 0 Å². The van der Waals surface area contributed by atoms with E-state index < -0.39 is 11.6 Å². The summed E-state index contributed by atoms with van der Waals surface area (Å²) in [5, 5.41) is 0. The second-order valence-electron chi connectivity index (χ2n) is 8.87. The molecule has 28 heavy (non-hydrogen) atoms. The van der Waals surface area contributed by atoms with Gasteiger partial charge in [0.25, 0.3) is 0 Å². The van der Waals surface area contributed by atoms with Crippen molar-refractivity contribution < 1.29 is 18.4 Å². The Morgan fingerprint density at radius 2 is 1.57 bits per heavy atom. The summed E-state index contributed by atoms with van der Waals surface area (Å²) in [4.78, 5) is 24.9. The summed E-state index contributed by atoms with van der Waals surface area (Å²) in [5.41, 5.74) is 5.20. The topological polar surface area (TPSA) is 58.2 Å². The van der Waals surface area contributed by atoms with Crippen LogP contribution in [0, 0.1) is 34.8 Å². The van der Waals surface area contributed by atoms with Gasteiger partial charge in [-0.3, -0.25) is 20.4 Å². The van der Waals surface area contributed by atoms with E-state index in [2.05, 4.69) is 10.9 Å². The third-order valence-corrected chi connectivity index (χ3v) is 7.53. The third kappa shape index (κ3) is 4.50. The van der Waals surface area contributed by atoms with Crippen LogP contribution >= 0.6 is 11.8 Å². The Balaban J connectivity index is 1.17. The first-order valence-electron chi connectivity index (χ1n) is 10.1. The minimum atomic E-state index is -0.897. The second-order valence-corrected chi connectivity index (χ2v) is 10.0. The highest BCUT2D eigenvalue weighted by Gasteiger charge is 2.51. The summed E-state index contributed by atoms with van der Waals surface area (Å²) in [6.45, 7) is 0. The first-order valence-corrected chi connectivity index (χ1v) is 11.0. The van der Waals surface area contributed by atoms with Gasteiger partial charge in [0.05, 0.1) is 0 Å². The first-order chi connectivity index (χ1) is 13.4. The fourth-order valence-electron chi connectivity index (χ4n) is 5.92. The summed E-state index contributed by atoms with van der Waals surface area (Å²) in [7, 11) is 0. The molecular formula is C21H26F2N2O2S. The molecule has 4 saturated carbocycles. The van der Waals surface area contributed by atoms with Crippen molar-refractivity contribution in [2.75, 3.05) is 5.75 Å². The number of thioether (sulfide) groups is 1. The maximum absolute atomic E-state index is 13.2. The molecule has 0 aromatic heterocycles. The van der Waals surface area contributed by atoms with E-state index in [9.17, 15) is 18.4 Å². The van der Waals surface area contributed by atoms with Crippen molar-refractivity contribution >= 4 is 23.6 Å². The molecule has 2 amide bonds. The summed E-state index contributed by atoms with van der Waals surface area (Å²) < 4.78 is 26.1. The van der Waals surface area contributed by atoms with Crippen LogP contribution in [0.5, 0.6) is 0 Å². The molecule has 1 aromatic rings. The van der Waals surface area contributed by atoms with Crippen LogP contribution in [0.1, 0.15) is 51.4 Å². The van der Waals surface area contributed by atoms with Gasteiger partial charge >= 0.3 is 0 Å². The van der Waals surface area contributed by atoms with Gasteiger partial charge < -0.3 is 0 Å². The third-order valence-electron chi connectivity index (χ3n) is 6.53. The Labute approximate surface area is 168 Å². The first kappa shape index (κ1) is 19.7. The van der Waals surface area contributed by atoms with Crippen LogP contribution in [0.4, 0.5) is 8.78 Å². The average Bonchev–Trinajstić information content (AvgIpc) is 2.61. The molecule has 5 rings (SSSR count). The number of nitrogens with one attached hydrogen (secondary N) is 2. The number of halogens is 2. The Morgan fingerprint density at radius 1 is 0.964 bits per heavy atom. The number of hydrazine groups is 1. The van der Waals surface area contributed by atoms with Crippen LogP contribution in [0.25, 0.3) is 0 Å². The number of carbonyl (C=O) groups excluding carboxylic acids is 2. The van der Waals surface area contributed by atoms with E-state index in [1.807, 2.05) is 0 Å². The van der Waals surface area contributed by atoms with Crippen LogP contribution in [-0.2, 0) is 9.59 Å². The van der Waals surface area contributed by atoms with E-state index in [-0.39, 0.29) is 23.7 Å². The van der Waals surface area contributed by atoms with Crippen molar-refractivity contribution in [3.63, 3.8) is 0 Å². The number of rotatable bonds is 6. The van der Waals surface area contributed by atoms with Crippen molar-refractivity contribution in [1.82, 2.24) is 10.9 Å². The molecule has 4 nitrogen and oxygen atoms in total. The fraction of sp³-hybridized carbons (Fsp3) is 0.619. The standard InChI is InChI=1S/C21H26F2N2O2S/c22-17-2-1-16(8-18(17)23)28-4-3-19(26)24-25-20(27)12-21-9-13-5-14(10-21)7-15(6-13)11-21/h1-2,8,13-15H,3-7,9-12H2,(H,24,26)(H,25,27). The van der Waals surface area contributed by atoms with Crippen LogP contribution in [0.3, 0.4) is 0 Å². The maximum atomic E-state index is 13.2. The highest BCUT2D eigenvalue weighted by molar-refractivity contribution is 7.99. The molecule has 4 aliphatic rings. The smallest absolute Gasteiger partial charge is 0.239 e. The van der Waals surface area contributed by atoms with Crippen molar-refractivity contribution in [3.8, 4) is 0 Å². The molecule has 4 aliphatic carbocycles. The van der Waals surface area contributed by atoms with Gasteiger partial charge in [-0.1, -0.05) is 0 Å².